The molecule has 4 nitrogen and oxygen atoms in total. The molecule has 102 valence electrons. The normalized spacial score (nSPS) is 20.4. The second-order valence-corrected chi connectivity index (χ2v) is 4.63. The number of methoxy groups -OCH3 is 1. The molecule has 19 heavy (non-hydrogen) atoms. The molecule has 4 heteroatoms. The second-order valence-electron chi connectivity index (χ2n) is 4.63. The van der Waals surface area contributed by atoms with Crippen molar-refractivity contribution >= 4 is 12.0 Å². The van der Waals surface area contributed by atoms with Gasteiger partial charge in [0.25, 0.3) is 0 Å². The van der Waals surface area contributed by atoms with E-state index in [1.165, 1.54) is 0 Å². The second kappa shape index (κ2) is 5.34. The predicted octanol–water partition coefficient (Wildman–Crippen LogP) is 2.81. The van der Waals surface area contributed by atoms with Crippen LogP contribution < -0.4 is 9.47 Å². The van der Waals surface area contributed by atoms with E-state index in [-0.39, 0.29) is 12.4 Å². The van der Waals surface area contributed by atoms with Crippen LogP contribution in [0.4, 0.5) is 0 Å². The molecule has 0 saturated heterocycles. The van der Waals surface area contributed by atoms with Gasteiger partial charge in [-0.2, -0.15) is 0 Å². The molecule has 0 fully saturated rings. The first-order valence-electron chi connectivity index (χ1n) is 6.28. The van der Waals surface area contributed by atoms with Crippen molar-refractivity contribution < 1.29 is 19.0 Å². The number of carbonyl (C=O) groups excluding carboxylic acids is 1. The van der Waals surface area contributed by atoms with Crippen LogP contribution in [0.5, 0.6) is 11.5 Å². The third kappa shape index (κ3) is 3.08. The summed E-state index contributed by atoms with van der Waals surface area (Å²) in [6, 6.07) is 5.62. The minimum Gasteiger partial charge on any atom is -0.497 e. The molecule has 0 bridgehead atoms. The van der Waals surface area contributed by atoms with Crippen molar-refractivity contribution in [1.29, 1.82) is 0 Å². The Bertz CT molecular complexity index is 507. The van der Waals surface area contributed by atoms with E-state index in [1.807, 2.05) is 37.3 Å². The number of carbonyl (C=O) groups is 1. The molecule has 1 aromatic rings. The Labute approximate surface area is 113 Å². The third-order valence-electron chi connectivity index (χ3n) is 2.98. The third-order valence-corrected chi connectivity index (χ3v) is 2.98. The van der Waals surface area contributed by atoms with Gasteiger partial charge in [-0.3, -0.25) is 4.79 Å². The van der Waals surface area contributed by atoms with Crippen LogP contribution >= 0.6 is 0 Å². The zero-order valence-electron chi connectivity index (χ0n) is 11.4. The summed E-state index contributed by atoms with van der Waals surface area (Å²) in [5.74, 6) is 1.18. The van der Waals surface area contributed by atoms with Gasteiger partial charge in [0, 0.05) is 11.6 Å². The van der Waals surface area contributed by atoms with Crippen molar-refractivity contribution in [2.24, 2.45) is 0 Å². The Morgan fingerprint density at radius 1 is 1.42 bits per heavy atom. The zero-order valence-corrected chi connectivity index (χ0v) is 11.4. The fourth-order valence-corrected chi connectivity index (χ4v) is 2.01. The van der Waals surface area contributed by atoms with Gasteiger partial charge in [-0.05, 0) is 32.1 Å². The first-order chi connectivity index (χ1) is 9.06. The van der Waals surface area contributed by atoms with E-state index in [4.69, 9.17) is 14.2 Å². The maximum Gasteiger partial charge on any atom is 0.310 e. The quantitative estimate of drug-likeness (QED) is 0.783. The summed E-state index contributed by atoms with van der Waals surface area (Å²) in [6.07, 6.45) is 4.03. The molecule has 0 aromatic heterocycles. The van der Waals surface area contributed by atoms with Gasteiger partial charge in [-0.15, -0.1) is 0 Å². The highest BCUT2D eigenvalue weighted by atomic mass is 16.5. The minimum absolute atomic E-state index is 0.188. The molecule has 1 aliphatic heterocycles. The van der Waals surface area contributed by atoms with Crippen LogP contribution in [0.3, 0.4) is 0 Å². The highest BCUT2D eigenvalue weighted by Crippen LogP contribution is 2.35. The van der Waals surface area contributed by atoms with E-state index < -0.39 is 5.60 Å². The van der Waals surface area contributed by atoms with E-state index in [0.29, 0.717) is 12.4 Å². The molecule has 0 radical (unpaired) electrons. The van der Waals surface area contributed by atoms with Crippen molar-refractivity contribution in [3.05, 3.63) is 29.8 Å². The van der Waals surface area contributed by atoms with E-state index in [9.17, 15) is 4.79 Å². The van der Waals surface area contributed by atoms with Crippen LogP contribution in [-0.4, -0.2) is 25.3 Å². The van der Waals surface area contributed by atoms with Crippen molar-refractivity contribution in [3.8, 4) is 11.5 Å². The molecule has 1 aliphatic rings. The summed E-state index contributed by atoms with van der Waals surface area (Å²) in [5, 5.41) is 0. The summed E-state index contributed by atoms with van der Waals surface area (Å²) in [5.41, 5.74) is 0.299. The SMILES string of the molecule is CCOC(=O)CC1(C)C=Cc2ccc(OC)cc2O1. The molecule has 0 spiro atoms. The number of rotatable bonds is 4. The molecule has 1 heterocycles. The molecule has 1 aromatic carbocycles. The van der Waals surface area contributed by atoms with Crippen molar-refractivity contribution in [2.45, 2.75) is 25.9 Å². The lowest BCUT2D eigenvalue weighted by Gasteiger charge is -2.30. The first kappa shape index (κ1) is 13.5. The van der Waals surface area contributed by atoms with Gasteiger partial charge in [0.15, 0.2) is 0 Å². The number of hydrogen-bond acceptors (Lipinski definition) is 4. The average molecular weight is 262 g/mol. The highest BCUT2D eigenvalue weighted by Gasteiger charge is 2.31. The molecule has 2 rings (SSSR count). The van der Waals surface area contributed by atoms with Crippen LogP contribution in [0.2, 0.25) is 0 Å². The number of hydrogen-bond donors (Lipinski definition) is 0. The molecule has 0 amide bonds. The molecule has 1 atom stereocenters. The maximum atomic E-state index is 11.6. The van der Waals surface area contributed by atoms with Crippen molar-refractivity contribution in [3.63, 3.8) is 0 Å². The smallest absolute Gasteiger partial charge is 0.310 e. The molecule has 0 aliphatic carbocycles. The fraction of sp³-hybridized carbons (Fsp3) is 0.400. The summed E-state index contributed by atoms with van der Waals surface area (Å²) >= 11 is 0. The summed E-state index contributed by atoms with van der Waals surface area (Å²) < 4.78 is 16.0. The molecular weight excluding hydrogens is 244 g/mol. The molecular formula is C15H18O4. The van der Waals surface area contributed by atoms with Crippen LogP contribution in [0.15, 0.2) is 24.3 Å². The topological polar surface area (TPSA) is 44.8 Å². The number of benzene rings is 1. The Hall–Kier alpha value is -1.97. The Kier molecular flexibility index (Phi) is 3.79. The lowest BCUT2D eigenvalue weighted by atomic mass is 9.97. The van der Waals surface area contributed by atoms with Gasteiger partial charge in [0.1, 0.15) is 17.1 Å². The van der Waals surface area contributed by atoms with Gasteiger partial charge < -0.3 is 14.2 Å². The van der Waals surface area contributed by atoms with Gasteiger partial charge in [-0.1, -0.05) is 6.08 Å². The van der Waals surface area contributed by atoms with Gasteiger partial charge in [0.05, 0.1) is 20.1 Å². The van der Waals surface area contributed by atoms with E-state index in [2.05, 4.69) is 0 Å². The van der Waals surface area contributed by atoms with Crippen molar-refractivity contribution in [2.75, 3.05) is 13.7 Å². The van der Waals surface area contributed by atoms with E-state index in [0.717, 1.165) is 11.3 Å². The molecule has 1 unspecified atom stereocenters. The highest BCUT2D eigenvalue weighted by molar-refractivity contribution is 5.73. The summed E-state index contributed by atoms with van der Waals surface area (Å²) in [4.78, 5) is 11.6. The fourth-order valence-electron chi connectivity index (χ4n) is 2.01. The summed E-state index contributed by atoms with van der Waals surface area (Å²) in [6.45, 7) is 4.03. The first-order valence-corrected chi connectivity index (χ1v) is 6.28. The van der Waals surface area contributed by atoms with Crippen LogP contribution in [0.25, 0.3) is 6.08 Å². The zero-order chi connectivity index (χ0) is 13.9. The lowest BCUT2D eigenvalue weighted by Crippen LogP contribution is -2.35. The Morgan fingerprint density at radius 2 is 2.21 bits per heavy atom. The van der Waals surface area contributed by atoms with Crippen LogP contribution in [0, 0.1) is 0 Å². The number of fused-ring (bicyclic) bond motifs is 1. The van der Waals surface area contributed by atoms with Crippen molar-refractivity contribution in [1.82, 2.24) is 0 Å². The maximum absolute atomic E-state index is 11.6. The standard InChI is InChI=1S/C15H18O4/c1-4-18-14(16)10-15(2)8-7-11-5-6-12(17-3)9-13(11)19-15/h5-9H,4,10H2,1-3H3. The van der Waals surface area contributed by atoms with E-state index >= 15 is 0 Å². The van der Waals surface area contributed by atoms with Gasteiger partial charge in [-0.25, -0.2) is 0 Å². The number of ether oxygens (including phenoxy) is 3. The van der Waals surface area contributed by atoms with Crippen LogP contribution in [0.1, 0.15) is 25.8 Å². The Morgan fingerprint density at radius 3 is 2.89 bits per heavy atom. The minimum atomic E-state index is -0.675. The Balaban J connectivity index is 2.18. The monoisotopic (exact) mass is 262 g/mol. The predicted molar refractivity (Wildman–Crippen MR) is 72.3 cm³/mol. The van der Waals surface area contributed by atoms with Gasteiger partial charge in [0.2, 0.25) is 0 Å². The molecule has 0 N–H and O–H groups in total. The lowest BCUT2D eigenvalue weighted by molar-refractivity contribution is -0.146. The summed E-state index contributed by atoms with van der Waals surface area (Å²) in [7, 11) is 1.61. The average Bonchev–Trinajstić information content (AvgIpc) is 2.37. The largest absolute Gasteiger partial charge is 0.497 e. The number of esters is 1. The van der Waals surface area contributed by atoms with E-state index in [1.54, 1.807) is 14.0 Å². The molecule has 0 saturated carbocycles. The van der Waals surface area contributed by atoms with Gasteiger partial charge >= 0.3 is 5.97 Å². The van der Waals surface area contributed by atoms with Crippen LogP contribution in [-0.2, 0) is 9.53 Å².